The molecule has 0 spiro atoms. The lowest BCUT2D eigenvalue weighted by molar-refractivity contribution is -0.0881. The van der Waals surface area contributed by atoms with Crippen molar-refractivity contribution in [1.29, 1.82) is 0 Å². The molecule has 0 amide bonds. The highest BCUT2D eigenvalue weighted by molar-refractivity contribution is 9.10. The summed E-state index contributed by atoms with van der Waals surface area (Å²) in [5.41, 5.74) is 7.72. The predicted octanol–water partition coefficient (Wildman–Crippen LogP) is 0.575. The lowest BCUT2D eigenvalue weighted by atomic mass is 10.1. The van der Waals surface area contributed by atoms with Gasteiger partial charge in [0, 0.05) is 10.9 Å². The molecule has 1 rings (SSSR count). The van der Waals surface area contributed by atoms with E-state index in [0.717, 1.165) is 10.0 Å². The van der Waals surface area contributed by atoms with E-state index in [1.807, 2.05) is 12.1 Å². The Kier molecular flexibility index (Phi) is 3.40. The third-order valence-electron chi connectivity index (χ3n) is 1.58. The fourth-order valence-corrected chi connectivity index (χ4v) is 1.22. The van der Waals surface area contributed by atoms with E-state index in [-0.39, 0.29) is 6.42 Å². The maximum Gasteiger partial charge on any atom is 0.195 e. The number of benzene rings is 1. The van der Waals surface area contributed by atoms with Crippen LogP contribution in [0.2, 0.25) is 0 Å². The summed E-state index contributed by atoms with van der Waals surface area (Å²) in [5.74, 6) is -1.77. The van der Waals surface area contributed by atoms with E-state index >= 15 is 0 Å². The van der Waals surface area contributed by atoms with Crippen molar-refractivity contribution < 1.29 is 10.3 Å². The Balaban J connectivity index is 2.69. The van der Waals surface area contributed by atoms with E-state index in [1.54, 1.807) is 17.6 Å². The molecule has 0 saturated heterocycles. The minimum Gasteiger partial charge on any atom is -0.361 e. The first kappa shape index (κ1) is 10.6. The first-order chi connectivity index (χ1) is 6.03. The fraction of sp³-hybridized carbons (Fsp3) is 0.250. The van der Waals surface area contributed by atoms with Gasteiger partial charge in [-0.3, -0.25) is 5.73 Å². The molecule has 0 aliphatic rings. The van der Waals surface area contributed by atoms with Crippen LogP contribution in [0.1, 0.15) is 5.56 Å². The lowest BCUT2D eigenvalue weighted by Gasteiger charge is -2.20. The van der Waals surface area contributed by atoms with Gasteiger partial charge in [0.2, 0.25) is 0 Å². The normalized spacial score (nSPS) is 15.4. The standard InChI is InChI=1S/C8H11BrN2O2/c9-7-3-1-6(2-4-7)5-8(10,12)11-13/h1-4,11-13H,5,10H2/t8-/m1/s1. The summed E-state index contributed by atoms with van der Waals surface area (Å²) in [4.78, 5) is 0. The second-order valence-corrected chi connectivity index (χ2v) is 3.75. The summed E-state index contributed by atoms with van der Waals surface area (Å²) in [6.45, 7) is 0. The lowest BCUT2D eigenvalue weighted by Crippen LogP contribution is -2.53. The van der Waals surface area contributed by atoms with Crippen molar-refractivity contribution in [3.05, 3.63) is 34.3 Å². The van der Waals surface area contributed by atoms with Crippen LogP contribution in [0, 0.1) is 0 Å². The van der Waals surface area contributed by atoms with Crippen molar-refractivity contribution in [2.75, 3.05) is 0 Å². The molecular weight excluding hydrogens is 236 g/mol. The number of nitrogens with two attached hydrogens (primary N) is 1. The van der Waals surface area contributed by atoms with Gasteiger partial charge in [-0.2, -0.15) is 5.48 Å². The quantitative estimate of drug-likeness (QED) is 0.465. The molecule has 13 heavy (non-hydrogen) atoms. The van der Waals surface area contributed by atoms with Crippen LogP contribution < -0.4 is 11.2 Å². The van der Waals surface area contributed by atoms with E-state index in [1.165, 1.54) is 0 Å². The molecule has 1 aromatic carbocycles. The summed E-state index contributed by atoms with van der Waals surface area (Å²) in [6, 6.07) is 7.28. The molecule has 4 nitrogen and oxygen atoms in total. The minimum atomic E-state index is -1.77. The third-order valence-corrected chi connectivity index (χ3v) is 2.11. The van der Waals surface area contributed by atoms with Crippen molar-refractivity contribution in [3.63, 3.8) is 0 Å². The van der Waals surface area contributed by atoms with Crippen molar-refractivity contribution >= 4 is 15.9 Å². The molecule has 1 atom stereocenters. The van der Waals surface area contributed by atoms with E-state index in [0.29, 0.717) is 0 Å². The van der Waals surface area contributed by atoms with Crippen LogP contribution >= 0.6 is 15.9 Å². The Morgan fingerprint density at radius 1 is 1.38 bits per heavy atom. The van der Waals surface area contributed by atoms with E-state index in [4.69, 9.17) is 10.9 Å². The zero-order valence-corrected chi connectivity index (χ0v) is 8.45. The SMILES string of the molecule is N[C@](O)(Cc1ccc(Br)cc1)NO. The number of nitrogens with one attached hydrogen (secondary N) is 1. The molecule has 5 heteroatoms. The molecular formula is C8H11BrN2O2. The summed E-state index contributed by atoms with van der Waals surface area (Å²) in [5, 5.41) is 17.7. The fourth-order valence-electron chi connectivity index (χ4n) is 0.953. The van der Waals surface area contributed by atoms with Crippen LogP contribution in [0.4, 0.5) is 0 Å². The molecule has 0 unspecified atom stereocenters. The molecule has 0 radical (unpaired) electrons. The highest BCUT2D eigenvalue weighted by atomic mass is 79.9. The van der Waals surface area contributed by atoms with Crippen LogP contribution in [0.15, 0.2) is 28.7 Å². The summed E-state index contributed by atoms with van der Waals surface area (Å²) in [7, 11) is 0. The maximum absolute atomic E-state index is 9.25. The van der Waals surface area contributed by atoms with E-state index < -0.39 is 5.85 Å². The van der Waals surface area contributed by atoms with Gasteiger partial charge in [-0.25, -0.2) is 0 Å². The number of hydrogen-bond donors (Lipinski definition) is 4. The molecule has 0 saturated carbocycles. The Morgan fingerprint density at radius 2 is 1.92 bits per heavy atom. The van der Waals surface area contributed by atoms with E-state index in [2.05, 4.69) is 15.9 Å². The van der Waals surface area contributed by atoms with Gasteiger partial charge >= 0.3 is 0 Å². The monoisotopic (exact) mass is 246 g/mol. The number of hydrogen-bond acceptors (Lipinski definition) is 4. The van der Waals surface area contributed by atoms with Gasteiger partial charge < -0.3 is 10.3 Å². The van der Waals surface area contributed by atoms with Crippen LogP contribution in [0.25, 0.3) is 0 Å². The zero-order chi connectivity index (χ0) is 9.90. The third kappa shape index (κ3) is 3.41. The zero-order valence-electron chi connectivity index (χ0n) is 6.87. The molecule has 0 aromatic heterocycles. The Hall–Kier alpha value is -0.460. The number of aliphatic hydroxyl groups is 1. The number of halogens is 1. The van der Waals surface area contributed by atoms with Gasteiger partial charge in [0.15, 0.2) is 5.85 Å². The summed E-state index contributed by atoms with van der Waals surface area (Å²) in [6.07, 6.45) is 0.136. The van der Waals surface area contributed by atoms with Crippen LogP contribution in [-0.4, -0.2) is 16.2 Å². The highest BCUT2D eigenvalue weighted by Gasteiger charge is 2.19. The van der Waals surface area contributed by atoms with Crippen molar-refractivity contribution in [2.45, 2.75) is 12.3 Å². The van der Waals surface area contributed by atoms with Gasteiger partial charge in [0.05, 0.1) is 0 Å². The van der Waals surface area contributed by atoms with Crippen molar-refractivity contribution in [1.82, 2.24) is 5.48 Å². The van der Waals surface area contributed by atoms with Gasteiger partial charge in [-0.15, -0.1) is 0 Å². The smallest absolute Gasteiger partial charge is 0.195 e. The molecule has 0 aliphatic carbocycles. The van der Waals surface area contributed by atoms with Crippen LogP contribution in [-0.2, 0) is 6.42 Å². The Labute approximate surface area is 84.5 Å². The summed E-state index contributed by atoms with van der Waals surface area (Å²) < 4.78 is 0.953. The molecule has 72 valence electrons. The van der Waals surface area contributed by atoms with Crippen molar-refractivity contribution in [2.24, 2.45) is 5.73 Å². The van der Waals surface area contributed by atoms with Gasteiger partial charge in [-0.05, 0) is 17.7 Å². The van der Waals surface area contributed by atoms with Crippen molar-refractivity contribution in [3.8, 4) is 0 Å². The topological polar surface area (TPSA) is 78.5 Å². The largest absolute Gasteiger partial charge is 0.361 e. The molecule has 1 aromatic rings. The molecule has 5 N–H and O–H groups in total. The average molecular weight is 247 g/mol. The molecule has 0 fully saturated rings. The van der Waals surface area contributed by atoms with Crippen LogP contribution in [0.5, 0.6) is 0 Å². The Bertz CT molecular complexity index is 274. The average Bonchev–Trinajstić information content (AvgIpc) is 2.09. The first-order valence-electron chi connectivity index (χ1n) is 3.70. The van der Waals surface area contributed by atoms with Gasteiger partial charge in [0.25, 0.3) is 0 Å². The first-order valence-corrected chi connectivity index (χ1v) is 4.50. The van der Waals surface area contributed by atoms with Gasteiger partial charge in [0.1, 0.15) is 0 Å². The van der Waals surface area contributed by atoms with Crippen LogP contribution in [0.3, 0.4) is 0 Å². The number of hydroxylamine groups is 1. The highest BCUT2D eigenvalue weighted by Crippen LogP contribution is 2.12. The van der Waals surface area contributed by atoms with Gasteiger partial charge in [-0.1, -0.05) is 28.1 Å². The van der Waals surface area contributed by atoms with E-state index in [9.17, 15) is 5.11 Å². The minimum absolute atomic E-state index is 0.136. The second kappa shape index (κ2) is 4.17. The second-order valence-electron chi connectivity index (χ2n) is 2.84. The number of rotatable bonds is 3. The summed E-state index contributed by atoms with van der Waals surface area (Å²) >= 11 is 3.28. The molecule has 0 bridgehead atoms. The maximum atomic E-state index is 9.25. The molecule has 0 heterocycles. The molecule has 0 aliphatic heterocycles. The predicted molar refractivity (Wildman–Crippen MR) is 51.9 cm³/mol. The Morgan fingerprint density at radius 3 is 2.38 bits per heavy atom.